The molecule has 0 amide bonds. The zero-order chi connectivity index (χ0) is 26.9. The molecule has 1 fully saturated rings. The van der Waals surface area contributed by atoms with Crippen LogP contribution < -0.4 is 4.74 Å². The quantitative estimate of drug-likeness (QED) is 0.277. The van der Waals surface area contributed by atoms with E-state index in [2.05, 4.69) is 6.07 Å². The second-order valence-corrected chi connectivity index (χ2v) is 9.21. The maximum absolute atomic E-state index is 11.8. The van der Waals surface area contributed by atoms with Gasteiger partial charge in [-0.05, 0) is 34.4 Å². The van der Waals surface area contributed by atoms with E-state index in [0.29, 0.717) is 49.2 Å². The molecule has 0 aliphatic carbocycles. The first-order chi connectivity index (χ1) is 18.5. The van der Waals surface area contributed by atoms with Gasteiger partial charge in [-0.2, -0.15) is 5.26 Å². The fourth-order valence-corrected chi connectivity index (χ4v) is 4.63. The summed E-state index contributed by atoms with van der Waals surface area (Å²) in [5.74, 6) is -0.425. The highest BCUT2D eigenvalue weighted by atomic mass is 35.5. The Balaban J connectivity index is 1.72. The van der Waals surface area contributed by atoms with Crippen molar-refractivity contribution in [2.75, 3.05) is 40.1 Å². The van der Waals surface area contributed by atoms with Gasteiger partial charge in [0.2, 0.25) is 0 Å². The van der Waals surface area contributed by atoms with E-state index >= 15 is 0 Å². The fraction of sp³-hybridized carbons (Fsp3) is 0.267. The first-order valence-corrected chi connectivity index (χ1v) is 12.6. The molecule has 8 heteroatoms. The molecule has 0 spiro atoms. The molecule has 0 saturated carbocycles. The third kappa shape index (κ3) is 6.60. The second-order valence-electron chi connectivity index (χ2n) is 8.80. The van der Waals surface area contributed by atoms with Gasteiger partial charge < -0.3 is 19.3 Å². The molecule has 38 heavy (non-hydrogen) atoms. The molecule has 1 aliphatic rings. The van der Waals surface area contributed by atoms with Gasteiger partial charge in [0.25, 0.3) is 0 Å². The third-order valence-electron chi connectivity index (χ3n) is 6.37. The highest BCUT2D eigenvalue weighted by Crippen LogP contribution is 2.32. The molecule has 0 bridgehead atoms. The minimum absolute atomic E-state index is 0.129. The van der Waals surface area contributed by atoms with E-state index in [0.717, 1.165) is 27.8 Å². The molecular weight excluding hydrogens is 504 g/mol. The Morgan fingerprint density at radius 2 is 1.95 bits per heavy atom. The summed E-state index contributed by atoms with van der Waals surface area (Å²) in [6.45, 7) is 2.19. The Hall–Kier alpha value is -3.67. The monoisotopic (exact) mass is 532 g/mol. The second kappa shape index (κ2) is 13.2. The van der Waals surface area contributed by atoms with Crippen LogP contribution in [0.2, 0.25) is 5.02 Å². The average molecular weight is 533 g/mol. The van der Waals surface area contributed by atoms with Crippen LogP contribution in [0.5, 0.6) is 5.75 Å². The summed E-state index contributed by atoms with van der Waals surface area (Å²) in [4.78, 5) is 13.7. The van der Waals surface area contributed by atoms with Crippen LogP contribution in [-0.4, -0.2) is 62.1 Å². The number of hydrogen-bond donors (Lipinski definition) is 1. The number of hydrogen-bond acceptors (Lipinski definition) is 6. The number of ether oxygens (including phenoxy) is 3. The predicted octanol–water partition coefficient (Wildman–Crippen LogP) is 5.36. The van der Waals surface area contributed by atoms with Gasteiger partial charge >= 0.3 is 5.97 Å². The average Bonchev–Trinajstić information content (AvgIpc) is 2.94. The Labute approximate surface area is 227 Å². The molecule has 3 aromatic carbocycles. The molecule has 4 rings (SSSR count). The van der Waals surface area contributed by atoms with Gasteiger partial charge in [0.1, 0.15) is 24.5 Å². The predicted molar refractivity (Wildman–Crippen MR) is 147 cm³/mol. The largest absolute Gasteiger partial charge is 0.490 e. The Kier molecular flexibility index (Phi) is 9.52. The fourth-order valence-electron chi connectivity index (χ4n) is 4.39. The molecule has 3 aromatic rings. The number of morpholine rings is 1. The van der Waals surface area contributed by atoms with Gasteiger partial charge in [0.15, 0.2) is 0 Å². The van der Waals surface area contributed by atoms with Crippen molar-refractivity contribution < 1.29 is 24.1 Å². The maximum Gasteiger partial charge on any atom is 0.323 e. The molecule has 1 unspecified atom stereocenters. The van der Waals surface area contributed by atoms with E-state index in [-0.39, 0.29) is 6.61 Å². The summed E-state index contributed by atoms with van der Waals surface area (Å²) in [6.07, 6.45) is 3.81. The van der Waals surface area contributed by atoms with Crippen LogP contribution in [0, 0.1) is 11.3 Å². The van der Waals surface area contributed by atoms with E-state index in [1.165, 1.54) is 0 Å². The topological polar surface area (TPSA) is 92.0 Å². The first-order valence-electron chi connectivity index (χ1n) is 12.3. The highest BCUT2D eigenvalue weighted by Gasteiger charge is 2.29. The first kappa shape index (κ1) is 27.4. The number of methoxy groups -OCH3 is 1. The minimum atomic E-state index is -0.927. The summed E-state index contributed by atoms with van der Waals surface area (Å²) in [7, 11) is 1.60. The van der Waals surface area contributed by atoms with Gasteiger partial charge in [-0.3, -0.25) is 9.69 Å². The molecule has 7 nitrogen and oxygen atoms in total. The van der Waals surface area contributed by atoms with Crippen LogP contribution in [-0.2, 0) is 20.8 Å². The summed E-state index contributed by atoms with van der Waals surface area (Å²) < 4.78 is 16.3. The van der Waals surface area contributed by atoms with E-state index in [9.17, 15) is 15.2 Å². The lowest BCUT2D eigenvalue weighted by Gasteiger charge is -2.33. The normalized spacial score (nSPS) is 15.9. The molecule has 0 aromatic heterocycles. The molecule has 1 heterocycles. The van der Waals surface area contributed by atoms with Crippen molar-refractivity contribution in [3.8, 4) is 22.9 Å². The van der Waals surface area contributed by atoms with Crippen molar-refractivity contribution in [2.45, 2.75) is 12.6 Å². The van der Waals surface area contributed by atoms with E-state index in [1.54, 1.807) is 7.11 Å². The molecule has 1 atom stereocenters. The number of benzene rings is 3. The molecule has 1 aliphatic heterocycles. The number of nitrogens with zero attached hydrogens (tertiary/aromatic N) is 2. The summed E-state index contributed by atoms with van der Waals surface area (Å²) >= 11 is 6.56. The highest BCUT2D eigenvalue weighted by molar-refractivity contribution is 6.32. The van der Waals surface area contributed by atoms with Crippen molar-refractivity contribution >= 4 is 29.7 Å². The van der Waals surface area contributed by atoms with E-state index < -0.39 is 12.0 Å². The Morgan fingerprint density at radius 3 is 2.68 bits per heavy atom. The maximum atomic E-state index is 11.8. The number of carboxylic acids is 1. The van der Waals surface area contributed by atoms with Gasteiger partial charge in [-0.15, -0.1) is 0 Å². The van der Waals surface area contributed by atoms with Crippen LogP contribution in [0.15, 0.2) is 60.7 Å². The van der Waals surface area contributed by atoms with Gasteiger partial charge in [-0.1, -0.05) is 72.3 Å². The lowest BCUT2D eigenvalue weighted by molar-refractivity contribution is -0.150. The number of halogens is 1. The SMILES string of the molecule is COCCOc1cc(/C=C/c2cccc(-c3ccccc3)c2C#N)c(CN2CCOCC2C(=O)O)cc1Cl. The molecule has 0 radical (unpaired) electrons. The molecule has 1 saturated heterocycles. The number of aliphatic carboxylic acids is 1. The van der Waals surface area contributed by atoms with Crippen LogP contribution in [0.25, 0.3) is 23.3 Å². The van der Waals surface area contributed by atoms with E-state index in [1.807, 2.05) is 77.7 Å². The summed E-state index contributed by atoms with van der Waals surface area (Å²) in [5, 5.41) is 20.1. The number of nitriles is 1. The van der Waals surface area contributed by atoms with Crippen molar-refractivity contribution in [2.24, 2.45) is 0 Å². The van der Waals surface area contributed by atoms with Gasteiger partial charge in [0.05, 0.1) is 30.4 Å². The van der Waals surface area contributed by atoms with Crippen molar-refractivity contribution in [3.63, 3.8) is 0 Å². The van der Waals surface area contributed by atoms with Crippen molar-refractivity contribution in [1.29, 1.82) is 5.26 Å². The van der Waals surface area contributed by atoms with E-state index in [4.69, 9.17) is 25.8 Å². The number of carboxylic acid groups (broad SMARTS) is 1. The van der Waals surface area contributed by atoms with Crippen LogP contribution in [0.1, 0.15) is 22.3 Å². The number of carbonyl (C=O) groups is 1. The lowest BCUT2D eigenvalue weighted by Crippen LogP contribution is -2.49. The van der Waals surface area contributed by atoms with Gasteiger partial charge in [0, 0.05) is 25.8 Å². The number of rotatable bonds is 10. The van der Waals surface area contributed by atoms with Gasteiger partial charge in [-0.25, -0.2) is 0 Å². The Morgan fingerprint density at radius 1 is 1.16 bits per heavy atom. The zero-order valence-corrected chi connectivity index (χ0v) is 21.9. The van der Waals surface area contributed by atoms with Crippen LogP contribution >= 0.6 is 11.6 Å². The molecule has 196 valence electrons. The van der Waals surface area contributed by atoms with Crippen LogP contribution in [0.3, 0.4) is 0 Å². The smallest absolute Gasteiger partial charge is 0.323 e. The summed E-state index contributed by atoms with van der Waals surface area (Å²) in [6, 6.07) is 20.8. The minimum Gasteiger partial charge on any atom is -0.490 e. The Bertz CT molecular complexity index is 1340. The standard InChI is InChI=1S/C30H29ClN2O5/c1-36-14-15-38-29-17-23(24(16-27(29)31)19-33-12-13-37-20-28(33)30(34)35)11-10-22-8-5-9-25(26(22)18-32)21-6-3-2-4-7-21/h2-11,16-17,28H,12-15,19-20H2,1H3,(H,34,35)/b11-10+. The lowest BCUT2D eigenvalue weighted by atomic mass is 9.95. The van der Waals surface area contributed by atoms with Crippen molar-refractivity contribution in [1.82, 2.24) is 4.90 Å². The third-order valence-corrected chi connectivity index (χ3v) is 6.67. The van der Waals surface area contributed by atoms with Crippen LogP contribution in [0.4, 0.5) is 0 Å². The zero-order valence-electron chi connectivity index (χ0n) is 21.1. The van der Waals surface area contributed by atoms with Crippen molar-refractivity contribution in [3.05, 3.63) is 87.9 Å². The molecular formula is C30H29ClN2O5. The summed E-state index contributed by atoms with van der Waals surface area (Å²) in [5.41, 5.74) is 4.82. The molecule has 1 N–H and O–H groups in total.